The summed E-state index contributed by atoms with van der Waals surface area (Å²) < 4.78 is 2.09. The summed E-state index contributed by atoms with van der Waals surface area (Å²) in [6, 6.07) is 4.39. The molecule has 0 aromatic carbocycles. The highest BCUT2D eigenvalue weighted by atomic mass is 16.2. The first-order valence-corrected chi connectivity index (χ1v) is 9.47. The van der Waals surface area contributed by atoms with Crippen molar-refractivity contribution in [1.29, 1.82) is 0 Å². The molecule has 6 nitrogen and oxygen atoms in total. The first kappa shape index (κ1) is 18.6. The first-order valence-electron chi connectivity index (χ1n) is 9.47. The topological polar surface area (TPSA) is 54.3 Å². The van der Waals surface area contributed by atoms with Crippen LogP contribution in [0.15, 0.2) is 30.7 Å². The Labute approximate surface area is 155 Å². The number of carbonyl (C=O) groups excluding carboxylic acids is 1. The lowest BCUT2D eigenvalue weighted by molar-refractivity contribution is -0.132. The van der Waals surface area contributed by atoms with Crippen LogP contribution in [0.3, 0.4) is 0 Å². The first-order chi connectivity index (χ1) is 12.6. The fourth-order valence-electron chi connectivity index (χ4n) is 3.74. The van der Waals surface area contributed by atoms with E-state index in [1.807, 2.05) is 32.7 Å². The van der Waals surface area contributed by atoms with Crippen molar-refractivity contribution in [3.63, 3.8) is 0 Å². The number of rotatable bonds is 7. The Kier molecular flexibility index (Phi) is 6.04. The molecular weight excluding hydrogens is 326 g/mol. The van der Waals surface area contributed by atoms with Crippen molar-refractivity contribution in [2.24, 2.45) is 0 Å². The summed E-state index contributed by atoms with van der Waals surface area (Å²) >= 11 is 0. The zero-order chi connectivity index (χ0) is 18.5. The van der Waals surface area contributed by atoms with E-state index < -0.39 is 0 Å². The molecular formula is C20H29N5O. The minimum Gasteiger partial charge on any atom is -0.336 e. The van der Waals surface area contributed by atoms with E-state index in [-0.39, 0.29) is 11.9 Å². The van der Waals surface area contributed by atoms with E-state index in [2.05, 4.69) is 43.4 Å². The molecule has 1 atom stereocenters. The Morgan fingerprint density at radius 1 is 1.31 bits per heavy atom. The van der Waals surface area contributed by atoms with Crippen LogP contribution in [-0.2, 0) is 24.3 Å². The molecule has 0 radical (unpaired) electrons. The Bertz CT molecular complexity index is 739. The van der Waals surface area contributed by atoms with Crippen molar-refractivity contribution in [2.45, 2.75) is 51.7 Å². The summed E-state index contributed by atoms with van der Waals surface area (Å²) in [6.45, 7) is 4.45. The van der Waals surface area contributed by atoms with E-state index in [0.717, 1.165) is 43.9 Å². The summed E-state index contributed by atoms with van der Waals surface area (Å²) in [7, 11) is 4.08. The highest BCUT2D eigenvalue weighted by Crippen LogP contribution is 2.32. The van der Waals surface area contributed by atoms with Crippen LogP contribution in [0.4, 0.5) is 0 Å². The normalized spacial score (nSPS) is 17.2. The number of carbonyl (C=O) groups is 1. The van der Waals surface area contributed by atoms with E-state index in [1.165, 1.54) is 5.56 Å². The number of pyridine rings is 1. The predicted molar refractivity (Wildman–Crippen MR) is 102 cm³/mol. The lowest BCUT2D eigenvalue weighted by Crippen LogP contribution is -2.31. The van der Waals surface area contributed by atoms with Gasteiger partial charge in [0.15, 0.2) is 0 Å². The molecule has 1 fully saturated rings. The summed E-state index contributed by atoms with van der Waals surface area (Å²) in [5.74, 6) is 1.27. The van der Waals surface area contributed by atoms with E-state index in [4.69, 9.17) is 0 Å². The quantitative estimate of drug-likeness (QED) is 0.766. The van der Waals surface area contributed by atoms with E-state index in [0.29, 0.717) is 13.0 Å². The van der Waals surface area contributed by atoms with Crippen molar-refractivity contribution in [2.75, 3.05) is 20.6 Å². The van der Waals surface area contributed by atoms with Gasteiger partial charge in [-0.05, 0) is 44.6 Å². The van der Waals surface area contributed by atoms with Gasteiger partial charge in [0.25, 0.3) is 0 Å². The summed E-state index contributed by atoms with van der Waals surface area (Å²) in [4.78, 5) is 25.8. The average molecular weight is 355 g/mol. The minimum absolute atomic E-state index is 0.180. The molecule has 0 spiro atoms. The molecule has 2 aromatic heterocycles. The van der Waals surface area contributed by atoms with Gasteiger partial charge in [0, 0.05) is 51.1 Å². The predicted octanol–water partition coefficient (Wildman–Crippen LogP) is 2.66. The van der Waals surface area contributed by atoms with Gasteiger partial charge in [0.2, 0.25) is 5.91 Å². The van der Waals surface area contributed by atoms with E-state index in [1.54, 1.807) is 0 Å². The third-order valence-electron chi connectivity index (χ3n) is 4.96. The molecule has 0 N–H and O–H groups in total. The van der Waals surface area contributed by atoms with Gasteiger partial charge in [-0.2, -0.15) is 0 Å². The monoisotopic (exact) mass is 355 g/mol. The Morgan fingerprint density at radius 2 is 2.15 bits per heavy atom. The Balaban J connectivity index is 1.66. The molecule has 1 amide bonds. The van der Waals surface area contributed by atoms with Crippen LogP contribution in [0.25, 0.3) is 0 Å². The molecule has 1 aliphatic heterocycles. The van der Waals surface area contributed by atoms with Crippen LogP contribution >= 0.6 is 0 Å². The molecule has 6 heteroatoms. The molecule has 0 aliphatic carbocycles. The highest BCUT2D eigenvalue weighted by molar-refractivity contribution is 5.77. The molecule has 140 valence electrons. The second-order valence-electron chi connectivity index (χ2n) is 7.20. The molecule has 1 aliphatic rings. The van der Waals surface area contributed by atoms with Gasteiger partial charge in [-0.25, -0.2) is 4.98 Å². The SMILES string of the molecule is CCc1nccn1CCC(=O)N1CCCC1c1ccnc(CN(C)C)c1. The molecule has 1 saturated heterocycles. The minimum atomic E-state index is 0.180. The maximum absolute atomic E-state index is 12.9. The third kappa shape index (κ3) is 4.30. The standard InChI is InChI=1S/C20H29N5O/c1-4-19-22-10-13-24(19)12-8-20(26)25-11-5-6-18(25)16-7-9-21-17(14-16)15-23(2)3/h7,9-10,13-14,18H,4-6,8,11-12,15H2,1-3H3. The third-order valence-corrected chi connectivity index (χ3v) is 4.96. The average Bonchev–Trinajstić information content (AvgIpc) is 3.28. The summed E-state index contributed by atoms with van der Waals surface area (Å²) in [5.41, 5.74) is 2.26. The summed E-state index contributed by atoms with van der Waals surface area (Å²) in [6.07, 6.45) is 9.15. The van der Waals surface area contributed by atoms with Crippen molar-refractivity contribution >= 4 is 5.91 Å². The van der Waals surface area contributed by atoms with Crippen molar-refractivity contribution < 1.29 is 4.79 Å². The van der Waals surface area contributed by atoms with Gasteiger partial charge < -0.3 is 14.4 Å². The number of nitrogens with zero attached hydrogens (tertiary/aromatic N) is 5. The number of likely N-dealkylation sites (tertiary alicyclic amines) is 1. The van der Waals surface area contributed by atoms with Crippen molar-refractivity contribution in [3.05, 3.63) is 47.8 Å². The van der Waals surface area contributed by atoms with E-state index >= 15 is 0 Å². The fourth-order valence-corrected chi connectivity index (χ4v) is 3.74. The number of hydrogen-bond donors (Lipinski definition) is 0. The van der Waals surface area contributed by atoms with Crippen LogP contribution in [0.2, 0.25) is 0 Å². The Morgan fingerprint density at radius 3 is 2.92 bits per heavy atom. The smallest absolute Gasteiger partial charge is 0.224 e. The highest BCUT2D eigenvalue weighted by Gasteiger charge is 2.29. The zero-order valence-electron chi connectivity index (χ0n) is 16.1. The largest absolute Gasteiger partial charge is 0.336 e. The van der Waals surface area contributed by atoms with Crippen LogP contribution in [-0.4, -0.2) is 50.9 Å². The molecule has 2 aromatic rings. The second kappa shape index (κ2) is 8.45. The van der Waals surface area contributed by atoms with Crippen LogP contribution in [0.5, 0.6) is 0 Å². The number of hydrogen-bond acceptors (Lipinski definition) is 4. The fraction of sp³-hybridized carbons (Fsp3) is 0.550. The molecule has 26 heavy (non-hydrogen) atoms. The maximum atomic E-state index is 12.9. The van der Waals surface area contributed by atoms with Gasteiger partial charge in [-0.1, -0.05) is 6.92 Å². The molecule has 0 bridgehead atoms. The van der Waals surface area contributed by atoms with E-state index in [9.17, 15) is 4.79 Å². The number of imidazole rings is 1. The van der Waals surface area contributed by atoms with Crippen molar-refractivity contribution in [1.82, 2.24) is 24.3 Å². The van der Waals surface area contributed by atoms with Gasteiger partial charge in [0.1, 0.15) is 5.82 Å². The lowest BCUT2D eigenvalue weighted by Gasteiger charge is -2.26. The summed E-state index contributed by atoms with van der Waals surface area (Å²) in [5, 5.41) is 0. The van der Waals surface area contributed by atoms with Gasteiger partial charge >= 0.3 is 0 Å². The maximum Gasteiger partial charge on any atom is 0.224 e. The lowest BCUT2D eigenvalue weighted by atomic mass is 10.0. The van der Waals surface area contributed by atoms with Gasteiger partial charge in [-0.15, -0.1) is 0 Å². The number of aromatic nitrogens is 3. The molecule has 1 unspecified atom stereocenters. The van der Waals surface area contributed by atoms with Crippen LogP contribution in [0.1, 0.15) is 49.3 Å². The second-order valence-corrected chi connectivity index (χ2v) is 7.20. The van der Waals surface area contributed by atoms with Crippen LogP contribution in [0, 0.1) is 0 Å². The number of amides is 1. The number of aryl methyl sites for hydroxylation is 2. The van der Waals surface area contributed by atoms with Crippen molar-refractivity contribution in [3.8, 4) is 0 Å². The Hall–Kier alpha value is -2.21. The zero-order valence-corrected chi connectivity index (χ0v) is 16.1. The molecule has 0 saturated carbocycles. The molecule has 3 rings (SSSR count). The molecule has 3 heterocycles. The van der Waals surface area contributed by atoms with Gasteiger partial charge in [-0.3, -0.25) is 9.78 Å². The van der Waals surface area contributed by atoms with Gasteiger partial charge in [0.05, 0.1) is 11.7 Å². The van der Waals surface area contributed by atoms with Crippen LogP contribution < -0.4 is 0 Å².